The Balaban J connectivity index is 3.51. The molecule has 0 aromatic heterocycles. The summed E-state index contributed by atoms with van der Waals surface area (Å²) in [6.07, 6.45) is -5.86. The third-order valence-electron chi connectivity index (χ3n) is 4.18. The minimum Gasteiger partial charge on any atom is -0.299 e. The topological polar surface area (TPSA) is 72.4 Å². The van der Waals surface area contributed by atoms with Crippen molar-refractivity contribution in [3.63, 3.8) is 0 Å². The lowest BCUT2D eigenvalue weighted by Gasteiger charge is -2.39. The number of benzene rings is 1. The first kappa shape index (κ1) is 20.1. The minimum atomic E-state index is -5.86. The normalized spacial score (nSPS) is 13.3. The van der Waals surface area contributed by atoms with Gasteiger partial charge >= 0.3 is 12.1 Å². The molecule has 136 valence electrons. The Labute approximate surface area is 135 Å². The molecule has 0 fully saturated rings. The predicted octanol–water partition coefficient (Wildman–Crippen LogP) is 4.36. The molecular weight excluding hydrogens is 337 g/mol. The number of nitrogens with zero attached hydrogens (tertiary/aromatic N) is 2. The van der Waals surface area contributed by atoms with E-state index in [2.05, 4.69) is 0 Å². The van der Waals surface area contributed by atoms with Crippen LogP contribution in [0.4, 0.5) is 33.3 Å². The fourth-order valence-electron chi connectivity index (χ4n) is 1.82. The molecule has 0 saturated heterocycles. The number of rotatable bonds is 5. The zero-order valence-corrected chi connectivity index (χ0v) is 13.5. The van der Waals surface area contributed by atoms with Crippen LogP contribution >= 0.6 is 0 Å². The van der Waals surface area contributed by atoms with Gasteiger partial charge in [0.15, 0.2) is 0 Å². The van der Waals surface area contributed by atoms with Gasteiger partial charge < -0.3 is 0 Å². The molecule has 1 aromatic carbocycles. The van der Waals surface area contributed by atoms with E-state index < -0.39 is 33.8 Å². The van der Waals surface area contributed by atoms with Crippen molar-refractivity contribution < 1.29 is 26.9 Å². The van der Waals surface area contributed by atoms with Gasteiger partial charge in [0.2, 0.25) is 0 Å². The number of nitrogens with two attached hydrogens (primary N) is 1. The van der Waals surface area contributed by atoms with Gasteiger partial charge in [-0.1, -0.05) is 19.9 Å². The molecule has 0 aliphatic rings. The summed E-state index contributed by atoms with van der Waals surface area (Å²) in [6, 6.07) is 1.50. The molecule has 1 aromatic rings. The second-order valence-corrected chi connectivity index (χ2v) is 6.21. The molecule has 1 rings (SSSR count). The van der Waals surface area contributed by atoms with Gasteiger partial charge in [-0.15, -0.1) is 0 Å². The summed E-state index contributed by atoms with van der Waals surface area (Å²) in [5.41, 5.74) is -3.49. The molecule has 0 atom stereocenters. The summed E-state index contributed by atoms with van der Waals surface area (Å²) in [5.74, 6) is 0.587. The number of nitro groups is 1. The lowest BCUT2D eigenvalue weighted by molar-refractivity contribution is -0.384. The van der Waals surface area contributed by atoms with E-state index in [-0.39, 0.29) is 17.7 Å². The maximum atomic E-state index is 13.4. The van der Waals surface area contributed by atoms with E-state index in [1.165, 1.54) is 0 Å². The largest absolute Gasteiger partial charge is 0.458 e. The van der Waals surface area contributed by atoms with Crippen molar-refractivity contribution in [1.29, 1.82) is 0 Å². The van der Waals surface area contributed by atoms with Crippen molar-refractivity contribution in [2.24, 2.45) is 11.8 Å². The van der Waals surface area contributed by atoms with Crippen molar-refractivity contribution in [2.45, 2.75) is 45.3 Å². The minimum absolute atomic E-state index is 0.0848. The lowest BCUT2D eigenvalue weighted by Crippen LogP contribution is -2.52. The molecule has 0 amide bonds. The molecule has 0 aliphatic heterocycles. The van der Waals surface area contributed by atoms with Crippen LogP contribution in [0.15, 0.2) is 18.2 Å². The molecule has 0 aliphatic carbocycles. The summed E-state index contributed by atoms with van der Waals surface area (Å²) >= 11 is 0. The number of halogens is 5. The van der Waals surface area contributed by atoms with Crippen LogP contribution in [0.2, 0.25) is 0 Å². The van der Waals surface area contributed by atoms with Crippen molar-refractivity contribution in [3.8, 4) is 0 Å². The van der Waals surface area contributed by atoms with Gasteiger partial charge in [-0.25, -0.2) is 5.84 Å². The Hall–Kier alpha value is -1.97. The number of alkyl halides is 5. The van der Waals surface area contributed by atoms with E-state index in [0.717, 1.165) is 11.1 Å². The maximum absolute atomic E-state index is 13.4. The second kappa shape index (κ2) is 6.15. The third kappa shape index (κ3) is 3.42. The van der Waals surface area contributed by atoms with E-state index in [1.54, 1.807) is 27.7 Å². The van der Waals surface area contributed by atoms with Crippen molar-refractivity contribution >= 4 is 11.4 Å². The van der Waals surface area contributed by atoms with E-state index in [9.17, 15) is 32.1 Å². The monoisotopic (exact) mass is 355 g/mol. The van der Waals surface area contributed by atoms with Crippen LogP contribution in [0.5, 0.6) is 0 Å². The lowest BCUT2D eigenvalue weighted by atomic mass is 9.89. The third-order valence-corrected chi connectivity index (χ3v) is 4.18. The first-order valence-corrected chi connectivity index (χ1v) is 6.92. The van der Waals surface area contributed by atoms with Crippen LogP contribution in [0.25, 0.3) is 0 Å². The Morgan fingerprint density at radius 1 is 1.17 bits per heavy atom. The van der Waals surface area contributed by atoms with Gasteiger partial charge in [-0.05, 0) is 25.8 Å². The summed E-state index contributed by atoms with van der Waals surface area (Å²) < 4.78 is 64.2. The van der Waals surface area contributed by atoms with Gasteiger partial charge in [-0.2, -0.15) is 22.0 Å². The predicted molar refractivity (Wildman–Crippen MR) is 78.6 cm³/mol. The van der Waals surface area contributed by atoms with Crippen LogP contribution < -0.4 is 10.9 Å². The average Bonchev–Trinajstić information content (AvgIpc) is 2.44. The van der Waals surface area contributed by atoms with Gasteiger partial charge in [0.1, 0.15) is 5.69 Å². The summed E-state index contributed by atoms with van der Waals surface area (Å²) in [5, 5.41) is 12.2. The smallest absolute Gasteiger partial charge is 0.299 e. The molecular formula is C14H18F5N3O2. The van der Waals surface area contributed by atoms with E-state index in [4.69, 9.17) is 5.84 Å². The van der Waals surface area contributed by atoms with Gasteiger partial charge in [-0.3, -0.25) is 15.1 Å². The van der Waals surface area contributed by atoms with Gasteiger partial charge in [0, 0.05) is 11.6 Å². The maximum Gasteiger partial charge on any atom is 0.458 e. The molecule has 0 saturated carbocycles. The highest BCUT2D eigenvalue weighted by Gasteiger charge is 2.59. The van der Waals surface area contributed by atoms with Crippen molar-refractivity contribution in [3.05, 3.63) is 33.9 Å². The Bertz CT molecular complexity index is 629. The number of hydrazine groups is 1. The fourth-order valence-corrected chi connectivity index (χ4v) is 1.82. The summed E-state index contributed by atoms with van der Waals surface area (Å²) in [6.45, 7) is 6.91. The fraction of sp³-hybridized carbons (Fsp3) is 0.571. The molecule has 10 heteroatoms. The standard InChI is InChI=1S/C14H18F5N3O2/c1-8(2)12(3,4)21(20)10-6-5-9(7-11(10)22(23)24)13(15,16)14(17,18)19/h5-8H,20H2,1-4H3. The molecule has 0 heterocycles. The highest BCUT2D eigenvalue weighted by molar-refractivity contribution is 5.65. The first-order chi connectivity index (χ1) is 10.6. The van der Waals surface area contributed by atoms with Gasteiger partial charge in [0.05, 0.1) is 10.5 Å². The second-order valence-electron chi connectivity index (χ2n) is 6.21. The molecule has 24 heavy (non-hydrogen) atoms. The van der Waals surface area contributed by atoms with E-state index in [1.807, 2.05) is 0 Å². The Morgan fingerprint density at radius 2 is 1.67 bits per heavy atom. The first-order valence-electron chi connectivity index (χ1n) is 6.92. The molecule has 5 nitrogen and oxygen atoms in total. The zero-order chi connectivity index (χ0) is 19.1. The van der Waals surface area contributed by atoms with Crippen LogP contribution in [0, 0.1) is 16.0 Å². The number of anilines is 1. The Morgan fingerprint density at radius 3 is 2.04 bits per heavy atom. The van der Waals surface area contributed by atoms with Crippen LogP contribution in [0.1, 0.15) is 33.3 Å². The van der Waals surface area contributed by atoms with Crippen molar-refractivity contribution in [1.82, 2.24) is 0 Å². The SMILES string of the molecule is CC(C)C(C)(C)N(N)c1ccc(C(F)(F)C(F)(F)F)cc1[N+](=O)[O-]. The number of hydrogen-bond donors (Lipinski definition) is 1. The number of hydrogen-bond acceptors (Lipinski definition) is 4. The van der Waals surface area contributed by atoms with Crippen LogP contribution in [-0.4, -0.2) is 16.6 Å². The Kier molecular flexibility index (Phi) is 5.15. The molecule has 0 radical (unpaired) electrons. The molecule has 0 spiro atoms. The van der Waals surface area contributed by atoms with Crippen molar-refractivity contribution in [2.75, 3.05) is 5.01 Å². The van der Waals surface area contributed by atoms with Gasteiger partial charge in [0.25, 0.3) is 5.69 Å². The van der Waals surface area contributed by atoms with E-state index in [0.29, 0.717) is 6.07 Å². The molecule has 0 bridgehead atoms. The average molecular weight is 355 g/mol. The summed E-state index contributed by atoms with van der Waals surface area (Å²) in [4.78, 5) is 10.1. The number of nitro benzene ring substituents is 1. The highest BCUT2D eigenvalue weighted by Crippen LogP contribution is 2.46. The molecule has 2 N–H and O–H groups in total. The van der Waals surface area contributed by atoms with Crippen LogP contribution in [0.3, 0.4) is 0 Å². The molecule has 0 unspecified atom stereocenters. The highest BCUT2D eigenvalue weighted by atomic mass is 19.4. The van der Waals surface area contributed by atoms with E-state index >= 15 is 0 Å². The van der Waals surface area contributed by atoms with Crippen LogP contribution in [-0.2, 0) is 5.92 Å². The summed E-state index contributed by atoms with van der Waals surface area (Å²) in [7, 11) is 0. The zero-order valence-electron chi connectivity index (χ0n) is 13.5. The quantitative estimate of drug-likeness (QED) is 0.369.